The second-order valence-electron chi connectivity index (χ2n) is 3.32. The van der Waals surface area contributed by atoms with Crippen molar-refractivity contribution in [2.75, 3.05) is 19.0 Å². The van der Waals surface area contributed by atoms with Crippen molar-refractivity contribution in [2.24, 2.45) is 0 Å². The lowest BCUT2D eigenvalue weighted by molar-refractivity contribution is 0.467. The van der Waals surface area contributed by atoms with Crippen LogP contribution in [0.1, 0.15) is 11.1 Å². The van der Waals surface area contributed by atoms with Crippen LogP contribution in [0.4, 0.5) is 5.69 Å². The molecule has 0 aliphatic carbocycles. The molecule has 1 rings (SSSR count). The van der Waals surface area contributed by atoms with Gasteiger partial charge < -0.3 is 10.0 Å². The average molecular weight is 202 g/mol. The highest BCUT2D eigenvalue weighted by atomic mass is 35.5. The first-order valence-electron chi connectivity index (χ1n) is 4.00. The van der Waals surface area contributed by atoms with E-state index in [1.807, 2.05) is 45.0 Å². The van der Waals surface area contributed by atoms with Crippen LogP contribution >= 0.6 is 12.4 Å². The third-order valence-electron chi connectivity index (χ3n) is 1.99. The van der Waals surface area contributed by atoms with E-state index in [0.29, 0.717) is 5.75 Å². The highest BCUT2D eigenvalue weighted by Gasteiger charge is 2.03. The van der Waals surface area contributed by atoms with E-state index in [9.17, 15) is 5.11 Å². The van der Waals surface area contributed by atoms with E-state index in [2.05, 4.69) is 0 Å². The lowest BCUT2D eigenvalue weighted by atomic mass is 10.1. The Morgan fingerprint density at radius 2 is 1.46 bits per heavy atom. The van der Waals surface area contributed by atoms with Crippen molar-refractivity contribution < 1.29 is 5.11 Å². The first-order chi connectivity index (χ1) is 5.52. The maximum atomic E-state index is 9.49. The third-order valence-corrected chi connectivity index (χ3v) is 1.99. The Morgan fingerprint density at radius 1 is 1.08 bits per heavy atom. The minimum absolute atomic E-state index is 0. The zero-order valence-corrected chi connectivity index (χ0v) is 9.27. The first-order valence-corrected chi connectivity index (χ1v) is 4.00. The Balaban J connectivity index is 0.00000144. The molecule has 0 saturated carbocycles. The molecule has 0 fully saturated rings. The highest BCUT2D eigenvalue weighted by Crippen LogP contribution is 2.26. The summed E-state index contributed by atoms with van der Waals surface area (Å²) in [5, 5.41) is 9.49. The van der Waals surface area contributed by atoms with Crippen LogP contribution in [-0.4, -0.2) is 19.2 Å². The molecule has 0 heterocycles. The molecular formula is C10H16ClNO. The third kappa shape index (κ3) is 2.52. The highest BCUT2D eigenvalue weighted by molar-refractivity contribution is 5.85. The van der Waals surface area contributed by atoms with Crippen molar-refractivity contribution in [2.45, 2.75) is 13.8 Å². The van der Waals surface area contributed by atoms with Gasteiger partial charge in [0.25, 0.3) is 0 Å². The Hall–Kier alpha value is -0.890. The van der Waals surface area contributed by atoms with Crippen molar-refractivity contribution in [3.63, 3.8) is 0 Å². The summed E-state index contributed by atoms with van der Waals surface area (Å²) in [6.45, 7) is 3.82. The maximum absolute atomic E-state index is 9.49. The molecule has 0 amide bonds. The number of benzene rings is 1. The van der Waals surface area contributed by atoms with Gasteiger partial charge in [0.15, 0.2) is 0 Å². The van der Waals surface area contributed by atoms with Crippen LogP contribution in [-0.2, 0) is 0 Å². The van der Waals surface area contributed by atoms with Gasteiger partial charge in [0.1, 0.15) is 5.75 Å². The SMILES string of the molecule is Cc1cc(N(C)C)cc(C)c1O.Cl. The predicted molar refractivity (Wildman–Crippen MR) is 59.2 cm³/mol. The Morgan fingerprint density at radius 3 is 1.77 bits per heavy atom. The lowest BCUT2D eigenvalue weighted by Crippen LogP contribution is -2.08. The zero-order chi connectivity index (χ0) is 9.30. The second kappa shape index (κ2) is 4.38. The van der Waals surface area contributed by atoms with Crippen LogP contribution in [0.5, 0.6) is 5.75 Å². The van der Waals surface area contributed by atoms with Crippen molar-refractivity contribution in [3.8, 4) is 5.75 Å². The first kappa shape index (κ1) is 12.1. The standard InChI is InChI=1S/C10H15NO.ClH/c1-7-5-9(11(3)4)6-8(2)10(7)12;/h5-6,12H,1-4H3;1H. The summed E-state index contributed by atoms with van der Waals surface area (Å²) in [6.07, 6.45) is 0. The monoisotopic (exact) mass is 201 g/mol. The Labute approximate surface area is 85.6 Å². The number of phenols is 1. The number of aromatic hydroxyl groups is 1. The van der Waals surface area contributed by atoms with Crippen molar-refractivity contribution in [1.29, 1.82) is 0 Å². The van der Waals surface area contributed by atoms with E-state index in [-0.39, 0.29) is 12.4 Å². The number of anilines is 1. The molecule has 74 valence electrons. The van der Waals surface area contributed by atoms with Gasteiger partial charge in [-0.2, -0.15) is 0 Å². The van der Waals surface area contributed by atoms with E-state index in [4.69, 9.17) is 0 Å². The van der Waals surface area contributed by atoms with Gasteiger partial charge in [0, 0.05) is 19.8 Å². The molecule has 3 heteroatoms. The smallest absolute Gasteiger partial charge is 0.121 e. The van der Waals surface area contributed by atoms with Crippen LogP contribution in [0.2, 0.25) is 0 Å². The molecule has 13 heavy (non-hydrogen) atoms. The van der Waals surface area contributed by atoms with Crippen LogP contribution < -0.4 is 4.90 Å². The molecule has 0 spiro atoms. The van der Waals surface area contributed by atoms with Gasteiger partial charge in [0.05, 0.1) is 0 Å². The van der Waals surface area contributed by atoms with Crippen molar-refractivity contribution in [1.82, 2.24) is 0 Å². The molecule has 0 saturated heterocycles. The van der Waals surface area contributed by atoms with Gasteiger partial charge in [-0.3, -0.25) is 0 Å². The minimum Gasteiger partial charge on any atom is -0.507 e. The maximum Gasteiger partial charge on any atom is 0.121 e. The van der Waals surface area contributed by atoms with E-state index in [0.717, 1.165) is 16.8 Å². The quantitative estimate of drug-likeness (QED) is 0.755. The number of halogens is 1. The molecule has 0 aliphatic rings. The molecule has 0 bridgehead atoms. The number of phenolic OH excluding ortho intramolecular Hbond substituents is 1. The van der Waals surface area contributed by atoms with E-state index < -0.39 is 0 Å². The number of aryl methyl sites for hydroxylation is 2. The van der Waals surface area contributed by atoms with Gasteiger partial charge in [0.2, 0.25) is 0 Å². The van der Waals surface area contributed by atoms with Gasteiger partial charge in [-0.1, -0.05) is 0 Å². The lowest BCUT2D eigenvalue weighted by Gasteiger charge is -2.15. The summed E-state index contributed by atoms with van der Waals surface area (Å²) < 4.78 is 0. The summed E-state index contributed by atoms with van der Waals surface area (Å²) in [5.41, 5.74) is 2.99. The van der Waals surface area contributed by atoms with Gasteiger partial charge in [-0.15, -0.1) is 12.4 Å². The summed E-state index contributed by atoms with van der Waals surface area (Å²) in [5.74, 6) is 0.403. The van der Waals surface area contributed by atoms with Crippen molar-refractivity contribution in [3.05, 3.63) is 23.3 Å². The fraction of sp³-hybridized carbons (Fsp3) is 0.400. The van der Waals surface area contributed by atoms with Crippen LogP contribution in [0, 0.1) is 13.8 Å². The topological polar surface area (TPSA) is 23.5 Å². The van der Waals surface area contributed by atoms with Gasteiger partial charge in [-0.25, -0.2) is 0 Å². The molecule has 0 atom stereocenters. The van der Waals surface area contributed by atoms with E-state index >= 15 is 0 Å². The van der Waals surface area contributed by atoms with Crippen LogP contribution in [0.15, 0.2) is 12.1 Å². The van der Waals surface area contributed by atoms with Gasteiger partial charge >= 0.3 is 0 Å². The summed E-state index contributed by atoms with van der Waals surface area (Å²) >= 11 is 0. The fourth-order valence-electron chi connectivity index (χ4n) is 1.19. The number of hydrogen-bond donors (Lipinski definition) is 1. The Kier molecular flexibility index (Phi) is 4.08. The molecule has 0 unspecified atom stereocenters. The molecule has 1 aromatic rings. The minimum atomic E-state index is 0. The fourth-order valence-corrected chi connectivity index (χ4v) is 1.19. The molecule has 0 radical (unpaired) electrons. The Bertz CT molecular complexity index is 274. The summed E-state index contributed by atoms with van der Waals surface area (Å²) in [4.78, 5) is 2.03. The molecule has 2 nitrogen and oxygen atoms in total. The van der Waals surface area contributed by atoms with E-state index in [1.165, 1.54) is 0 Å². The molecular weight excluding hydrogens is 186 g/mol. The summed E-state index contributed by atoms with van der Waals surface area (Å²) in [6, 6.07) is 3.95. The normalized spacial score (nSPS) is 9.23. The van der Waals surface area contributed by atoms with Crippen LogP contribution in [0.25, 0.3) is 0 Å². The van der Waals surface area contributed by atoms with E-state index in [1.54, 1.807) is 0 Å². The molecule has 1 aromatic carbocycles. The van der Waals surface area contributed by atoms with Crippen molar-refractivity contribution >= 4 is 18.1 Å². The number of nitrogens with zero attached hydrogens (tertiary/aromatic N) is 1. The largest absolute Gasteiger partial charge is 0.507 e. The summed E-state index contributed by atoms with van der Waals surface area (Å²) in [7, 11) is 3.98. The molecule has 0 aliphatic heterocycles. The second-order valence-corrected chi connectivity index (χ2v) is 3.32. The zero-order valence-electron chi connectivity index (χ0n) is 8.46. The predicted octanol–water partition coefficient (Wildman–Crippen LogP) is 2.50. The van der Waals surface area contributed by atoms with Crippen LogP contribution in [0.3, 0.4) is 0 Å². The van der Waals surface area contributed by atoms with Gasteiger partial charge in [-0.05, 0) is 37.1 Å². The molecule has 1 N–H and O–H groups in total. The number of hydrogen-bond acceptors (Lipinski definition) is 2. The average Bonchev–Trinajstić information content (AvgIpc) is 1.99. The number of rotatable bonds is 1. The molecule has 0 aromatic heterocycles.